The lowest BCUT2D eigenvalue weighted by atomic mass is 9.96. The molecule has 0 radical (unpaired) electrons. The molecule has 0 unspecified atom stereocenters. The Kier molecular flexibility index (Phi) is 8.06. The van der Waals surface area contributed by atoms with Crippen molar-refractivity contribution in [2.24, 2.45) is 5.10 Å². The largest absolute Gasteiger partial charge is 0.496 e. The predicted octanol–water partition coefficient (Wildman–Crippen LogP) is 9.00. The van der Waals surface area contributed by atoms with Crippen LogP contribution in [0, 0.1) is 13.8 Å². The van der Waals surface area contributed by atoms with E-state index in [0.29, 0.717) is 33.3 Å². The summed E-state index contributed by atoms with van der Waals surface area (Å²) in [4.78, 5) is 19.0. The summed E-state index contributed by atoms with van der Waals surface area (Å²) in [5.74, 6) is 1.49. The number of hydrogen-bond donors (Lipinski definition) is 0. The van der Waals surface area contributed by atoms with E-state index in [2.05, 4.69) is 43.5 Å². The summed E-state index contributed by atoms with van der Waals surface area (Å²) in [6, 6.07) is 25.1. The van der Waals surface area contributed by atoms with Gasteiger partial charge in [0.2, 0.25) is 0 Å². The summed E-state index contributed by atoms with van der Waals surface area (Å²) in [6.45, 7) is 8.84. The number of para-hydroxylation sites is 2. The molecule has 0 bridgehead atoms. The number of halogens is 2. The van der Waals surface area contributed by atoms with E-state index >= 15 is 0 Å². The lowest BCUT2D eigenvalue weighted by Gasteiger charge is -2.17. The van der Waals surface area contributed by atoms with Crippen LogP contribution >= 0.6 is 23.2 Å². The zero-order valence-electron chi connectivity index (χ0n) is 25.2. The molecular formula is C36H32Cl2N4O2. The van der Waals surface area contributed by atoms with Crippen LogP contribution in [0.15, 0.2) is 88.8 Å². The summed E-state index contributed by atoms with van der Waals surface area (Å²) in [5.41, 5.74) is 7.07. The van der Waals surface area contributed by atoms with Crippen LogP contribution < -0.4 is 10.3 Å². The third-order valence-electron chi connectivity index (χ3n) is 8.12. The lowest BCUT2D eigenvalue weighted by Crippen LogP contribution is -2.21. The van der Waals surface area contributed by atoms with Crippen molar-refractivity contribution < 1.29 is 4.74 Å². The van der Waals surface area contributed by atoms with Crippen LogP contribution in [0.5, 0.6) is 5.75 Å². The summed E-state index contributed by atoms with van der Waals surface area (Å²) in [5, 5.41) is 7.57. The van der Waals surface area contributed by atoms with E-state index in [-0.39, 0.29) is 11.5 Å². The number of aromatic nitrogens is 3. The van der Waals surface area contributed by atoms with Gasteiger partial charge < -0.3 is 9.30 Å². The molecule has 6 aromatic rings. The summed E-state index contributed by atoms with van der Waals surface area (Å²) < 4.78 is 9.31. The van der Waals surface area contributed by atoms with Crippen LogP contribution in [0.4, 0.5) is 0 Å². The van der Waals surface area contributed by atoms with Gasteiger partial charge in [-0.05, 0) is 78.9 Å². The Morgan fingerprint density at radius 1 is 0.955 bits per heavy atom. The quantitative estimate of drug-likeness (QED) is 0.167. The molecule has 0 atom stereocenters. The minimum absolute atomic E-state index is 0.205. The van der Waals surface area contributed by atoms with Gasteiger partial charge in [-0.15, -0.1) is 0 Å². The number of rotatable bonds is 7. The van der Waals surface area contributed by atoms with E-state index in [9.17, 15) is 4.79 Å². The number of ether oxygens (including phenoxy) is 1. The molecule has 6 nitrogen and oxygen atoms in total. The molecule has 2 heterocycles. The molecule has 0 aliphatic rings. The highest BCUT2D eigenvalue weighted by Crippen LogP contribution is 2.34. The normalized spacial score (nSPS) is 11.8. The molecule has 0 aliphatic heterocycles. The Hall–Kier alpha value is -4.39. The third-order valence-corrected chi connectivity index (χ3v) is 8.71. The molecule has 0 amide bonds. The Balaban J connectivity index is 1.55. The zero-order chi connectivity index (χ0) is 31.1. The fraction of sp³-hybridized carbons (Fsp3) is 0.194. The average molecular weight is 624 g/mol. The number of benzene rings is 4. The first-order chi connectivity index (χ1) is 21.2. The van der Waals surface area contributed by atoms with Crippen LogP contribution in [0.2, 0.25) is 10.0 Å². The molecule has 44 heavy (non-hydrogen) atoms. The van der Waals surface area contributed by atoms with Gasteiger partial charge >= 0.3 is 0 Å². The summed E-state index contributed by atoms with van der Waals surface area (Å²) >= 11 is 12.7. The number of fused-ring (bicyclic) bond motifs is 2. The first kappa shape index (κ1) is 29.7. The Labute approximate surface area is 266 Å². The monoisotopic (exact) mass is 622 g/mol. The van der Waals surface area contributed by atoms with Gasteiger partial charge in [-0.3, -0.25) is 4.79 Å². The van der Waals surface area contributed by atoms with Gasteiger partial charge in [0.15, 0.2) is 5.82 Å². The van der Waals surface area contributed by atoms with Crippen molar-refractivity contribution in [2.45, 2.75) is 40.2 Å². The van der Waals surface area contributed by atoms with Gasteiger partial charge in [-0.1, -0.05) is 73.4 Å². The molecule has 2 aromatic heterocycles. The molecule has 0 saturated heterocycles. The molecule has 8 heteroatoms. The van der Waals surface area contributed by atoms with Crippen molar-refractivity contribution in [1.82, 2.24) is 14.2 Å². The molecule has 0 N–H and O–H groups in total. The van der Waals surface area contributed by atoms with Crippen LogP contribution in [0.3, 0.4) is 0 Å². The van der Waals surface area contributed by atoms with Crippen molar-refractivity contribution in [3.05, 3.63) is 127 Å². The van der Waals surface area contributed by atoms with Crippen molar-refractivity contribution >= 4 is 51.2 Å². The van der Waals surface area contributed by atoms with E-state index < -0.39 is 0 Å². The van der Waals surface area contributed by atoms with Crippen molar-refractivity contribution in [2.75, 3.05) is 7.11 Å². The predicted molar refractivity (Wildman–Crippen MR) is 182 cm³/mol. The standard InChI is InChI=1S/C36H32Cl2N4O2/c1-21(2)28-18-29(22(3)16-34(28)44-5)35-40-32-12-8-6-11-27(32)36(43)42(35)39-19-30-23(4)41(33-13-9-7-10-26(30)33)20-24-14-15-25(37)17-31(24)38/h6-19,21H,20H2,1-5H3. The van der Waals surface area contributed by atoms with Gasteiger partial charge in [0.05, 0.1) is 24.2 Å². The van der Waals surface area contributed by atoms with Crippen LogP contribution in [-0.4, -0.2) is 27.6 Å². The second-order valence-corrected chi connectivity index (χ2v) is 12.1. The third kappa shape index (κ3) is 5.29. The number of hydrogen-bond acceptors (Lipinski definition) is 4. The van der Waals surface area contributed by atoms with E-state index in [1.807, 2.05) is 55.5 Å². The molecule has 0 aliphatic carbocycles. The molecule has 4 aromatic carbocycles. The number of aryl methyl sites for hydroxylation is 1. The first-order valence-corrected chi connectivity index (χ1v) is 15.2. The number of methoxy groups -OCH3 is 1. The van der Waals surface area contributed by atoms with Crippen LogP contribution in [0.25, 0.3) is 33.2 Å². The van der Waals surface area contributed by atoms with E-state index in [0.717, 1.165) is 50.2 Å². The Morgan fingerprint density at radius 3 is 2.41 bits per heavy atom. The maximum Gasteiger partial charge on any atom is 0.282 e. The van der Waals surface area contributed by atoms with Gasteiger partial charge in [0, 0.05) is 44.3 Å². The van der Waals surface area contributed by atoms with Gasteiger partial charge in [0.1, 0.15) is 5.75 Å². The molecule has 0 fully saturated rings. The van der Waals surface area contributed by atoms with E-state index in [1.54, 1.807) is 25.5 Å². The Bertz CT molecular complexity index is 2140. The van der Waals surface area contributed by atoms with E-state index in [1.165, 1.54) is 4.68 Å². The minimum atomic E-state index is -0.238. The lowest BCUT2D eigenvalue weighted by molar-refractivity contribution is 0.407. The van der Waals surface area contributed by atoms with E-state index in [4.69, 9.17) is 38.0 Å². The van der Waals surface area contributed by atoms with Gasteiger partial charge in [-0.25, -0.2) is 4.98 Å². The minimum Gasteiger partial charge on any atom is -0.496 e. The highest BCUT2D eigenvalue weighted by molar-refractivity contribution is 6.35. The highest BCUT2D eigenvalue weighted by atomic mass is 35.5. The fourth-order valence-electron chi connectivity index (χ4n) is 5.73. The highest BCUT2D eigenvalue weighted by Gasteiger charge is 2.19. The van der Waals surface area contributed by atoms with Gasteiger partial charge in [0.25, 0.3) is 5.56 Å². The second-order valence-electron chi connectivity index (χ2n) is 11.2. The molecule has 6 rings (SSSR count). The summed E-state index contributed by atoms with van der Waals surface area (Å²) in [6.07, 6.45) is 1.77. The second kappa shape index (κ2) is 11.9. The topological polar surface area (TPSA) is 61.4 Å². The average Bonchev–Trinajstić information content (AvgIpc) is 3.27. The van der Waals surface area contributed by atoms with Crippen LogP contribution in [0.1, 0.15) is 47.7 Å². The molecular weight excluding hydrogens is 591 g/mol. The fourth-order valence-corrected chi connectivity index (χ4v) is 6.20. The zero-order valence-corrected chi connectivity index (χ0v) is 26.7. The maximum atomic E-state index is 14.0. The summed E-state index contributed by atoms with van der Waals surface area (Å²) in [7, 11) is 1.68. The number of nitrogens with zero attached hydrogens (tertiary/aromatic N) is 4. The van der Waals surface area contributed by atoms with Crippen molar-refractivity contribution in [3.63, 3.8) is 0 Å². The molecule has 222 valence electrons. The SMILES string of the molecule is COc1cc(C)c(-c2nc3ccccc3c(=O)n2N=Cc2c(C)n(Cc3ccc(Cl)cc3Cl)c3ccccc23)cc1C(C)C. The smallest absolute Gasteiger partial charge is 0.282 e. The van der Waals surface area contributed by atoms with Crippen molar-refractivity contribution in [1.29, 1.82) is 0 Å². The molecule has 0 saturated carbocycles. The Morgan fingerprint density at radius 2 is 1.68 bits per heavy atom. The van der Waals surface area contributed by atoms with Gasteiger partial charge in [-0.2, -0.15) is 9.78 Å². The van der Waals surface area contributed by atoms with Crippen molar-refractivity contribution in [3.8, 4) is 17.1 Å². The maximum absolute atomic E-state index is 14.0. The van der Waals surface area contributed by atoms with Crippen LogP contribution in [-0.2, 0) is 6.54 Å². The first-order valence-electron chi connectivity index (χ1n) is 14.4. The molecule has 0 spiro atoms.